The average Bonchev–Trinajstić information content (AvgIpc) is 2.43. The molecule has 18 heavy (non-hydrogen) atoms. The molecule has 0 saturated carbocycles. The average molecular weight is 248 g/mol. The van der Waals surface area contributed by atoms with Crippen molar-refractivity contribution in [3.8, 4) is 0 Å². The van der Waals surface area contributed by atoms with Crippen LogP contribution in [0.3, 0.4) is 0 Å². The second-order valence-electron chi connectivity index (χ2n) is 4.59. The largest absolute Gasteiger partial charge is 0.355 e. The summed E-state index contributed by atoms with van der Waals surface area (Å²) in [7, 11) is 1.65. The molecular formula is C15H24N2O. The predicted octanol–water partition coefficient (Wildman–Crippen LogP) is 2.57. The highest BCUT2D eigenvalue weighted by molar-refractivity contribution is 5.93. The van der Waals surface area contributed by atoms with Crippen molar-refractivity contribution in [3.05, 3.63) is 35.4 Å². The van der Waals surface area contributed by atoms with Crippen LogP contribution in [0.5, 0.6) is 0 Å². The quantitative estimate of drug-likeness (QED) is 0.778. The molecule has 0 spiro atoms. The van der Waals surface area contributed by atoms with Crippen LogP contribution in [0, 0.1) is 5.92 Å². The Morgan fingerprint density at radius 1 is 1.17 bits per heavy atom. The molecule has 0 aliphatic heterocycles. The first-order chi connectivity index (χ1) is 8.71. The van der Waals surface area contributed by atoms with Gasteiger partial charge in [-0.2, -0.15) is 0 Å². The summed E-state index contributed by atoms with van der Waals surface area (Å²) in [6.45, 7) is 6.39. The summed E-state index contributed by atoms with van der Waals surface area (Å²) in [6.07, 6.45) is 2.44. The van der Waals surface area contributed by atoms with E-state index in [1.54, 1.807) is 7.05 Å². The van der Waals surface area contributed by atoms with Crippen molar-refractivity contribution >= 4 is 5.91 Å². The molecule has 0 saturated heterocycles. The van der Waals surface area contributed by atoms with Gasteiger partial charge in [0.2, 0.25) is 0 Å². The molecule has 0 heterocycles. The summed E-state index contributed by atoms with van der Waals surface area (Å²) in [4.78, 5) is 11.4. The molecule has 0 unspecified atom stereocenters. The number of amides is 1. The summed E-state index contributed by atoms with van der Waals surface area (Å²) in [5, 5.41) is 6.09. The Bertz CT molecular complexity index is 355. The van der Waals surface area contributed by atoms with Crippen LogP contribution in [0.15, 0.2) is 24.3 Å². The van der Waals surface area contributed by atoms with Crippen molar-refractivity contribution in [1.82, 2.24) is 10.6 Å². The van der Waals surface area contributed by atoms with Gasteiger partial charge in [0, 0.05) is 19.2 Å². The Labute approximate surface area is 110 Å². The lowest BCUT2D eigenvalue weighted by Crippen LogP contribution is -2.22. The van der Waals surface area contributed by atoms with Crippen LogP contribution in [-0.4, -0.2) is 19.5 Å². The van der Waals surface area contributed by atoms with E-state index in [1.165, 1.54) is 18.4 Å². The van der Waals surface area contributed by atoms with E-state index in [1.807, 2.05) is 24.3 Å². The minimum atomic E-state index is -0.0356. The Morgan fingerprint density at radius 3 is 2.28 bits per heavy atom. The maximum atomic E-state index is 11.4. The summed E-state index contributed by atoms with van der Waals surface area (Å²) in [5.74, 6) is 0.724. The van der Waals surface area contributed by atoms with E-state index in [0.29, 0.717) is 5.56 Å². The summed E-state index contributed by atoms with van der Waals surface area (Å²) in [6, 6.07) is 7.74. The van der Waals surface area contributed by atoms with Gasteiger partial charge in [-0.1, -0.05) is 38.8 Å². The maximum Gasteiger partial charge on any atom is 0.251 e. The molecule has 0 bridgehead atoms. The summed E-state index contributed by atoms with van der Waals surface area (Å²) < 4.78 is 0. The highest BCUT2D eigenvalue weighted by Gasteiger charge is 2.04. The van der Waals surface area contributed by atoms with Gasteiger partial charge in [0.1, 0.15) is 0 Å². The lowest BCUT2D eigenvalue weighted by Gasteiger charge is -2.13. The van der Waals surface area contributed by atoms with E-state index in [-0.39, 0.29) is 5.91 Å². The predicted molar refractivity (Wildman–Crippen MR) is 75.6 cm³/mol. The van der Waals surface area contributed by atoms with Crippen molar-refractivity contribution in [1.29, 1.82) is 0 Å². The van der Waals surface area contributed by atoms with Gasteiger partial charge in [-0.25, -0.2) is 0 Å². The fourth-order valence-corrected chi connectivity index (χ4v) is 1.92. The molecule has 0 aromatic heterocycles. The molecule has 1 rings (SSSR count). The molecule has 100 valence electrons. The molecular weight excluding hydrogens is 224 g/mol. The lowest BCUT2D eigenvalue weighted by molar-refractivity contribution is 0.0963. The van der Waals surface area contributed by atoms with Crippen LogP contribution in [0.25, 0.3) is 0 Å². The van der Waals surface area contributed by atoms with Gasteiger partial charge < -0.3 is 10.6 Å². The Morgan fingerprint density at radius 2 is 1.78 bits per heavy atom. The molecule has 0 radical (unpaired) electrons. The smallest absolute Gasteiger partial charge is 0.251 e. The standard InChI is InChI=1S/C15H24N2O/c1-4-12(5-2)10-17-11-13-6-8-14(9-7-13)15(18)16-3/h6-9,12,17H,4-5,10-11H2,1-3H3,(H,16,18). The van der Waals surface area contributed by atoms with Crippen molar-refractivity contribution in [3.63, 3.8) is 0 Å². The summed E-state index contributed by atoms with van der Waals surface area (Å²) >= 11 is 0. The normalized spacial score (nSPS) is 10.7. The third-order valence-electron chi connectivity index (χ3n) is 3.36. The first-order valence-electron chi connectivity index (χ1n) is 6.73. The fourth-order valence-electron chi connectivity index (χ4n) is 1.92. The second kappa shape index (κ2) is 7.88. The number of carbonyl (C=O) groups excluding carboxylic acids is 1. The number of hydrogen-bond donors (Lipinski definition) is 2. The lowest BCUT2D eigenvalue weighted by atomic mass is 10.0. The number of rotatable bonds is 7. The SMILES string of the molecule is CCC(CC)CNCc1ccc(C(=O)NC)cc1. The highest BCUT2D eigenvalue weighted by atomic mass is 16.1. The van der Waals surface area contributed by atoms with E-state index in [4.69, 9.17) is 0 Å². The first kappa shape index (κ1) is 14.7. The number of hydrogen-bond acceptors (Lipinski definition) is 2. The molecule has 2 N–H and O–H groups in total. The third kappa shape index (κ3) is 4.49. The number of benzene rings is 1. The van der Waals surface area contributed by atoms with Crippen molar-refractivity contribution in [2.75, 3.05) is 13.6 Å². The van der Waals surface area contributed by atoms with E-state index in [2.05, 4.69) is 24.5 Å². The molecule has 0 atom stereocenters. The molecule has 3 heteroatoms. The van der Waals surface area contributed by atoms with Crippen LogP contribution in [0.2, 0.25) is 0 Å². The van der Waals surface area contributed by atoms with E-state index < -0.39 is 0 Å². The van der Waals surface area contributed by atoms with Crippen LogP contribution < -0.4 is 10.6 Å². The molecule has 1 aromatic rings. The number of carbonyl (C=O) groups is 1. The zero-order valence-electron chi connectivity index (χ0n) is 11.6. The fraction of sp³-hybridized carbons (Fsp3) is 0.533. The van der Waals surface area contributed by atoms with E-state index in [0.717, 1.165) is 19.0 Å². The van der Waals surface area contributed by atoms with Crippen LogP contribution in [0.1, 0.15) is 42.6 Å². The minimum Gasteiger partial charge on any atom is -0.355 e. The Balaban J connectivity index is 2.42. The zero-order chi connectivity index (χ0) is 13.4. The first-order valence-corrected chi connectivity index (χ1v) is 6.73. The van der Waals surface area contributed by atoms with Crippen LogP contribution in [-0.2, 0) is 6.54 Å². The minimum absolute atomic E-state index is 0.0356. The van der Waals surface area contributed by atoms with Crippen molar-refractivity contribution in [2.24, 2.45) is 5.92 Å². The molecule has 0 aliphatic carbocycles. The Hall–Kier alpha value is -1.35. The van der Waals surface area contributed by atoms with Crippen LogP contribution in [0.4, 0.5) is 0 Å². The highest BCUT2D eigenvalue weighted by Crippen LogP contribution is 2.07. The second-order valence-corrected chi connectivity index (χ2v) is 4.59. The molecule has 0 fully saturated rings. The van der Waals surface area contributed by atoms with Crippen LogP contribution >= 0.6 is 0 Å². The van der Waals surface area contributed by atoms with Gasteiger partial charge in [0.05, 0.1) is 0 Å². The van der Waals surface area contributed by atoms with Gasteiger partial charge in [0.15, 0.2) is 0 Å². The summed E-state index contributed by atoms with van der Waals surface area (Å²) in [5.41, 5.74) is 1.93. The monoisotopic (exact) mass is 248 g/mol. The topological polar surface area (TPSA) is 41.1 Å². The van der Waals surface area contributed by atoms with E-state index >= 15 is 0 Å². The van der Waals surface area contributed by atoms with Gasteiger partial charge in [0.25, 0.3) is 5.91 Å². The zero-order valence-corrected chi connectivity index (χ0v) is 11.6. The van der Waals surface area contributed by atoms with Gasteiger partial charge in [-0.3, -0.25) is 4.79 Å². The third-order valence-corrected chi connectivity index (χ3v) is 3.36. The molecule has 3 nitrogen and oxygen atoms in total. The maximum absolute atomic E-state index is 11.4. The number of nitrogens with one attached hydrogen (secondary N) is 2. The molecule has 0 aliphatic rings. The van der Waals surface area contributed by atoms with Crippen molar-refractivity contribution < 1.29 is 4.79 Å². The van der Waals surface area contributed by atoms with Gasteiger partial charge in [-0.05, 0) is 30.2 Å². The Kier molecular flexibility index (Phi) is 6.44. The molecule has 1 amide bonds. The van der Waals surface area contributed by atoms with Gasteiger partial charge in [-0.15, -0.1) is 0 Å². The molecule has 1 aromatic carbocycles. The van der Waals surface area contributed by atoms with Gasteiger partial charge >= 0.3 is 0 Å². The van der Waals surface area contributed by atoms with E-state index in [9.17, 15) is 4.79 Å². The van der Waals surface area contributed by atoms with Crippen molar-refractivity contribution in [2.45, 2.75) is 33.2 Å².